The lowest BCUT2D eigenvalue weighted by Gasteiger charge is -2.40. The van der Waals surface area contributed by atoms with E-state index >= 15 is 4.39 Å². The Morgan fingerprint density at radius 1 is 1.02 bits per heavy atom. The highest BCUT2D eigenvalue weighted by molar-refractivity contribution is 7.89. The molecule has 236 valence electrons. The molecule has 0 aromatic heterocycles. The lowest BCUT2D eigenvalue weighted by atomic mass is 9.76. The van der Waals surface area contributed by atoms with E-state index in [9.17, 15) is 17.6 Å². The number of sulfonamides is 1. The third-order valence-corrected chi connectivity index (χ3v) is 10.8. The van der Waals surface area contributed by atoms with E-state index in [1.54, 1.807) is 48.5 Å². The fourth-order valence-corrected chi connectivity index (χ4v) is 8.39. The number of piperazine rings is 1. The first kappa shape index (κ1) is 32.2. The molecule has 4 N–H and O–H groups in total. The molecular formula is C33H40F2N4O4S. The van der Waals surface area contributed by atoms with E-state index in [-0.39, 0.29) is 40.6 Å². The Kier molecular flexibility index (Phi) is 10.4. The van der Waals surface area contributed by atoms with Crippen LogP contribution in [0.15, 0.2) is 77.7 Å². The molecule has 2 fully saturated rings. The van der Waals surface area contributed by atoms with Gasteiger partial charge in [-0.05, 0) is 80.5 Å². The van der Waals surface area contributed by atoms with Gasteiger partial charge in [0.1, 0.15) is 11.6 Å². The van der Waals surface area contributed by atoms with Gasteiger partial charge < -0.3 is 21.1 Å². The van der Waals surface area contributed by atoms with Crippen LogP contribution < -0.4 is 16.4 Å². The summed E-state index contributed by atoms with van der Waals surface area (Å²) in [6, 6.07) is 17.1. The maximum Gasteiger partial charge on any atom is 0.243 e. The molecule has 0 bridgehead atoms. The van der Waals surface area contributed by atoms with Gasteiger partial charge in [-0.15, -0.1) is 0 Å². The summed E-state index contributed by atoms with van der Waals surface area (Å²) in [6.45, 7) is 3.88. The zero-order valence-corrected chi connectivity index (χ0v) is 25.6. The first-order valence-electron chi connectivity index (χ1n) is 15.1. The second-order valence-corrected chi connectivity index (χ2v) is 13.5. The quantitative estimate of drug-likeness (QED) is 0.307. The first-order chi connectivity index (χ1) is 21.2. The lowest BCUT2D eigenvalue weighted by molar-refractivity contribution is -0.118. The summed E-state index contributed by atoms with van der Waals surface area (Å²) < 4.78 is 63.3. The number of amides is 1. The monoisotopic (exact) mass is 626 g/mol. The standard InChI is InChI=1S/C33H40F2N4O4S/c1-22-20-37-21-26(39(22)44(41,42)27-6-3-2-4-7-27)14-15-28-29(35)8-5-9-30(28)38-33(40)32(36)31(24-16-18-43-19-17-24)23-10-12-25(34)13-11-23/h2-13,22,24,26,31-32,37H,14-21,36H2,1H3,(H,38,40)/t22-,26+,31+,32+/m1/s1. The van der Waals surface area contributed by atoms with Gasteiger partial charge in [0.05, 0.1) is 10.9 Å². The van der Waals surface area contributed by atoms with Crippen molar-refractivity contribution in [3.05, 3.63) is 95.6 Å². The fourth-order valence-electron chi connectivity index (χ4n) is 6.53. The van der Waals surface area contributed by atoms with Crippen LogP contribution in [0.5, 0.6) is 0 Å². The molecule has 2 aliphatic heterocycles. The summed E-state index contributed by atoms with van der Waals surface area (Å²) in [5.41, 5.74) is 7.95. The van der Waals surface area contributed by atoms with Crippen LogP contribution in [0.25, 0.3) is 0 Å². The van der Waals surface area contributed by atoms with Crippen LogP contribution in [0.3, 0.4) is 0 Å². The Morgan fingerprint density at radius 3 is 2.43 bits per heavy atom. The van der Waals surface area contributed by atoms with Gasteiger partial charge in [0, 0.05) is 55.6 Å². The Bertz CT molecular complexity index is 1520. The predicted molar refractivity (Wildman–Crippen MR) is 166 cm³/mol. The summed E-state index contributed by atoms with van der Waals surface area (Å²) in [7, 11) is -3.78. The molecular weight excluding hydrogens is 586 g/mol. The van der Waals surface area contributed by atoms with Crippen molar-refractivity contribution in [3.8, 4) is 0 Å². The number of ether oxygens (including phenoxy) is 1. The first-order valence-corrected chi connectivity index (χ1v) is 16.6. The van der Waals surface area contributed by atoms with Crippen molar-refractivity contribution in [2.75, 3.05) is 31.6 Å². The molecule has 44 heavy (non-hydrogen) atoms. The van der Waals surface area contributed by atoms with Crippen LogP contribution in [0, 0.1) is 17.6 Å². The summed E-state index contributed by atoms with van der Waals surface area (Å²) in [4.78, 5) is 13.8. The van der Waals surface area contributed by atoms with E-state index in [4.69, 9.17) is 10.5 Å². The van der Waals surface area contributed by atoms with Crippen LogP contribution >= 0.6 is 0 Å². The van der Waals surface area contributed by atoms with Gasteiger partial charge in [-0.1, -0.05) is 36.4 Å². The highest BCUT2D eigenvalue weighted by Crippen LogP contribution is 2.35. The minimum Gasteiger partial charge on any atom is -0.381 e. The highest BCUT2D eigenvalue weighted by Gasteiger charge is 2.38. The Labute approximate surface area is 258 Å². The van der Waals surface area contributed by atoms with Crippen molar-refractivity contribution in [1.82, 2.24) is 9.62 Å². The fraction of sp³-hybridized carbons (Fsp3) is 0.424. The molecule has 1 amide bonds. The van der Waals surface area contributed by atoms with Crippen molar-refractivity contribution in [2.45, 2.75) is 61.5 Å². The van der Waals surface area contributed by atoms with Crippen LogP contribution in [0.4, 0.5) is 14.5 Å². The number of nitrogens with one attached hydrogen (secondary N) is 2. The normalized spacial score (nSPS) is 21.5. The third-order valence-electron chi connectivity index (χ3n) is 8.76. The zero-order chi connectivity index (χ0) is 31.3. The van der Waals surface area contributed by atoms with E-state index in [1.165, 1.54) is 28.6 Å². The maximum atomic E-state index is 15.3. The highest BCUT2D eigenvalue weighted by atomic mass is 32.2. The van der Waals surface area contributed by atoms with E-state index < -0.39 is 33.8 Å². The van der Waals surface area contributed by atoms with Crippen LogP contribution in [-0.2, 0) is 26.0 Å². The van der Waals surface area contributed by atoms with Crippen molar-refractivity contribution < 1.29 is 26.7 Å². The summed E-state index contributed by atoms with van der Waals surface area (Å²) in [5.74, 6) is -1.67. The number of hydrogen-bond acceptors (Lipinski definition) is 6. The molecule has 8 nitrogen and oxygen atoms in total. The van der Waals surface area contributed by atoms with Gasteiger partial charge >= 0.3 is 0 Å². The zero-order valence-electron chi connectivity index (χ0n) is 24.8. The Morgan fingerprint density at radius 2 is 1.73 bits per heavy atom. The van der Waals surface area contributed by atoms with Gasteiger partial charge in [0.25, 0.3) is 0 Å². The van der Waals surface area contributed by atoms with Gasteiger partial charge in [0.2, 0.25) is 15.9 Å². The molecule has 4 atom stereocenters. The van der Waals surface area contributed by atoms with Gasteiger partial charge in [-0.2, -0.15) is 4.31 Å². The lowest BCUT2D eigenvalue weighted by Crippen LogP contribution is -2.58. The van der Waals surface area contributed by atoms with Gasteiger partial charge in [0.15, 0.2) is 0 Å². The minimum atomic E-state index is -3.78. The number of hydrogen-bond donors (Lipinski definition) is 3. The maximum absolute atomic E-state index is 15.3. The average molecular weight is 627 g/mol. The molecule has 2 saturated heterocycles. The minimum absolute atomic E-state index is 0.0558. The molecule has 0 unspecified atom stereocenters. The third kappa shape index (κ3) is 7.18. The van der Waals surface area contributed by atoms with Gasteiger partial charge in [-0.25, -0.2) is 17.2 Å². The largest absolute Gasteiger partial charge is 0.381 e. The Hall–Kier alpha value is -3.22. The van der Waals surface area contributed by atoms with Gasteiger partial charge in [-0.3, -0.25) is 4.79 Å². The molecule has 2 heterocycles. The van der Waals surface area contributed by atoms with Crippen LogP contribution in [0.2, 0.25) is 0 Å². The van der Waals surface area contributed by atoms with Crippen molar-refractivity contribution in [2.24, 2.45) is 11.7 Å². The smallest absolute Gasteiger partial charge is 0.243 e. The number of benzene rings is 3. The molecule has 11 heteroatoms. The number of nitrogens with zero attached hydrogens (tertiary/aromatic N) is 1. The molecule has 0 radical (unpaired) electrons. The second-order valence-electron chi connectivity index (χ2n) is 11.7. The van der Waals surface area contributed by atoms with E-state index in [0.717, 1.165) is 5.56 Å². The molecule has 0 saturated carbocycles. The number of nitrogens with two attached hydrogens (primary N) is 1. The van der Waals surface area contributed by atoms with Crippen molar-refractivity contribution in [1.29, 1.82) is 0 Å². The summed E-state index contributed by atoms with van der Waals surface area (Å²) in [5, 5.41) is 6.15. The van der Waals surface area contributed by atoms with Crippen LogP contribution in [-0.4, -0.2) is 63.1 Å². The molecule has 2 aliphatic rings. The van der Waals surface area contributed by atoms with E-state index in [0.29, 0.717) is 51.3 Å². The molecule has 3 aromatic carbocycles. The number of rotatable bonds is 10. The van der Waals surface area contributed by atoms with E-state index in [2.05, 4.69) is 10.6 Å². The van der Waals surface area contributed by atoms with Crippen molar-refractivity contribution >= 4 is 21.6 Å². The van der Waals surface area contributed by atoms with Crippen LogP contribution in [0.1, 0.15) is 43.2 Å². The molecule has 0 spiro atoms. The predicted octanol–water partition coefficient (Wildman–Crippen LogP) is 4.42. The number of anilines is 1. The molecule has 0 aliphatic carbocycles. The van der Waals surface area contributed by atoms with E-state index in [1.807, 2.05) is 6.92 Å². The molecule has 5 rings (SSSR count). The topological polar surface area (TPSA) is 114 Å². The number of carbonyl (C=O) groups excluding carboxylic acids is 1. The second kappa shape index (κ2) is 14.3. The summed E-state index contributed by atoms with van der Waals surface area (Å²) in [6.07, 6.45) is 1.95. The van der Waals surface area contributed by atoms with Crippen molar-refractivity contribution in [3.63, 3.8) is 0 Å². The summed E-state index contributed by atoms with van der Waals surface area (Å²) >= 11 is 0. The Balaban J connectivity index is 1.35. The average Bonchev–Trinajstić information content (AvgIpc) is 3.02. The number of carbonyl (C=O) groups is 1. The number of halogens is 2. The SMILES string of the molecule is C[C@@H]1CNC[C@H](CCc2c(F)cccc2NC(=O)[C@@H](N)[C@@H](c2ccc(F)cc2)C2CCOCC2)N1S(=O)(=O)c1ccccc1. The molecule has 3 aromatic rings.